The molecule has 12 nitrogen and oxygen atoms in total. The molecule has 0 radical (unpaired) electrons. The van der Waals surface area contributed by atoms with Crippen LogP contribution in [0.15, 0.2) is 51.5 Å². The summed E-state index contributed by atoms with van der Waals surface area (Å²) in [7, 11) is -4.74. The number of nitrogens with zero attached hydrogens (tertiary/aromatic N) is 2. The van der Waals surface area contributed by atoms with E-state index in [1.54, 1.807) is 0 Å². The number of azo groups is 1. The second-order valence-corrected chi connectivity index (χ2v) is 8.78. The SMILES string of the molecule is O=S(=O)([O-])c1cccc(N=Nc2cc(Cc3cc(CO)c(O)c(CO)c3O)c(O)c(CO)c2O)c1.[Na+]. The fourth-order valence-corrected chi connectivity index (χ4v) is 3.90. The molecule has 3 rings (SSSR count). The number of aliphatic hydroxyl groups excluding tert-OH is 3. The molecule has 0 unspecified atom stereocenters. The zero-order valence-corrected chi connectivity index (χ0v) is 21.8. The molecule has 7 N–H and O–H groups in total. The van der Waals surface area contributed by atoms with Gasteiger partial charge in [0.1, 0.15) is 33.1 Å². The van der Waals surface area contributed by atoms with Crippen LogP contribution in [0.4, 0.5) is 11.4 Å². The number of phenols is 4. The van der Waals surface area contributed by atoms with Gasteiger partial charge in [0.05, 0.1) is 41.5 Å². The van der Waals surface area contributed by atoms with E-state index in [0.717, 1.165) is 12.1 Å². The summed E-state index contributed by atoms with van der Waals surface area (Å²) >= 11 is 0. The molecule has 3 aromatic carbocycles. The van der Waals surface area contributed by atoms with Crippen molar-refractivity contribution in [1.82, 2.24) is 0 Å². The molecule has 0 saturated heterocycles. The average molecular weight is 528 g/mol. The van der Waals surface area contributed by atoms with Gasteiger partial charge < -0.3 is 40.3 Å². The van der Waals surface area contributed by atoms with Gasteiger partial charge in [-0.25, -0.2) is 8.42 Å². The topological polar surface area (TPSA) is 224 Å². The van der Waals surface area contributed by atoms with Gasteiger partial charge in [-0.15, -0.1) is 5.11 Å². The molecule has 0 bridgehead atoms. The van der Waals surface area contributed by atoms with E-state index in [1.807, 2.05) is 0 Å². The Balaban J connectivity index is 0.00000456. The maximum absolute atomic E-state index is 11.2. The van der Waals surface area contributed by atoms with Gasteiger partial charge in [0.15, 0.2) is 5.75 Å². The van der Waals surface area contributed by atoms with Gasteiger partial charge in [0.2, 0.25) is 0 Å². The van der Waals surface area contributed by atoms with Gasteiger partial charge in [-0.1, -0.05) is 6.07 Å². The zero-order valence-electron chi connectivity index (χ0n) is 19.0. The number of benzene rings is 3. The number of rotatable bonds is 8. The van der Waals surface area contributed by atoms with Crippen LogP contribution in [0.2, 0.25) is 0 Å². The Labute approximate surface area is 227 Å². The van der Waals surface area contributed by atoms with Crippen LogP contribution in [0.1, 0.15) is 27.8 Å². The Morgan fingerprint density at radius 1 is 0.722 bits per heavy atom. The van der Waals surface area contributed by atoms with Gasteiger partial charge in [-0.3, -0.25) is 0 Å². The number of hydrogen-bond acceptors (Lipinski definition) is 12. The molecule has 14 heteroatoms. The van der Waals surface area contributed by atoms with E-state index >= 15 is 0 Å². The van der Waals surface area contributed by atoms with Crippen LogP contribution in [0.3, 0.4) is 0 Å². The predicted molar refractivity (Wildman–Crippen MR) is 119 cm³/mol. The van der Waals surface area contributed by atoms with Gasteiger partial charge in [0, 0.05) is 17.5 Å². The summed E-state index contributed by atoms with van der Waals surface area (Å²) in [6, 6.07) is 7.11. The van der Waals surface area contributed by atoms with Gasteiger partial charge in [-0.05, 0) is 35.9 Å². The molecule has 0 aliphatic heterocycles. The summed E-state index contributed by atoms with van der Waals surface area (Å²) in [6.45, 7) is -2.14. The van der Waals surface area contributed by atoms with Crippen LogP contribution in [-0.4, -0.2) is 48.7 Å². The molecule has 0 atom stereocenters. The maximum atomic E-state index is 11.2. The maximum Gasteiger partial charge on any atom is 1.00 e. The first-order chi connectivity index (χ1) is 16.5. The van der Waals surface area contributed by atoms with Crippen molar-refractivity contribution in [2.75, 3.05) is 0 Å². The number of hydrogen-bond donors (Lipinski definition) is 7. The van der Waals surface area contributed by atoms with Crippen molar-refractivity contribution in [2.45, 2.75) is 31.1 Å². The minimum atomic E-state index is -4.74. The van der Waals surface area contributed by atoms with E-state index in [4.69, 9.17) is 0 Å². The molecular formula is C22H21N2NaO10S. The fourth-order valence-electron chi connectivity index (χ4n) is 3.39. The zero-order chi connectivity index (χ0) is 25.9. The van der Waals surface area contributed by atoms with Crippen molar-refractivity contribution < 1.29 is 78.3 Å². The minimum Gasteiger partial charge on any atom is -0.744 e. The molecule has 0 amide bonds. The Kier molecular flexibility index (Phi) is 9.82. The third-order valence-electron chi connectivity index (χ3n) is 5.20. The van der Waals surface area contributed by atoms with Crippen LogP contribution in [0.5, 0.6) is 23.0 Å². The smallest absolute Gasteiger partial charge is 0.744 e. The molecule has 36 heavy (non-hydrogen) atoms. The molecule has 0 heterocycles. The molecule has 0 aliphatic carbocycles. The largest absolute Gasteiger partial charge is 1.00 e. The summed E-state index contributed by atoms with van der Waals surface area (Å²) in [4.78, 5) is -0.539. The van der Waals surface area contributed by atoms with E-state index in [9.17, 15) is 48.7 Å². The first-order valence-electron chi connectivity index (χ1n) is 9.94. The van der Waals surface area contributed by atoms with E-state index in [1.165, 1.54) is 24.3 Å². The number of aromatic hydroxyl groups is 4. The predicted octanol–water partition coefficient (Wildman–Crippen LogP) is -1.10. The Morgan fingerprint density at radius 3 is 1.83 bits per heavy atom. The fraction of sp³-hybridized carbons (Fsp3) is 0.182. The third kappa shape index (κ3) is 6.14. The molecular weight excluding hydrogens is 507 g/mol. The second kappa shape index (κ2) is 12.0. The molecule has 0 fully saturated rings. The Bertz CT molecular complexity index is 1410. The Hall–Kier alpha value is -2.75. The van der Waals surface area contributed by atoms with Crippen LogP contribution < -0.4 is 29.6 Å². The monoisotopic (exact) mass is 528 g/mol. The van der Waals surface area contributed by atoms with Crippen molar-refractivity contribution in [3.8, 4) is 23.0 Å². The normalized spacial score (nSPS) is 11.6. The van der Waals surface area contributed by atoms with Crippen LogP contribution in [-0.2, 0) is 36.4 Å². The summed E-state index contributed by atoms with van der Waals surface area (Å²) in [5.74, 6) is -2.11. The number of aliphatic hydroxyl groups is 3. The quantitative estimate of drug-likeness (QED) is 0.106. The average Bonchev–Trinajstić information content (AvgIpc) is 2.82. The van der Waals surface area contributed by atoms with E-state index in [2.05, 4.69) is 10.2 Å². The molecule has 0 spiro atoms. The molecule has 0 saturated carbocycles. The molecule has 0 aliphatic rings. The van der Waals surface area contributed by atoms with E-state index in [-0.39, 0.29) is 75.2 Å². The van der Waals surface area contributed by atoms with E-state index in [0.29, 0.717) is 0 Å². The van der Waals surface area contributed by atoms with Crippen LogP contribution in [0, 0.1) is 0 Å². The standard InChI is InChI=1S/C22H22N2O10S.Na/c25-8-13-5-11(19(28)16(9-26)21(13)30)4-12-6-18(22(31)17(10-27)20(12)29)24-23-14-2-1-3-15(7-14)35(32,33)34;/h1-3,5-7,25-31H,4,8-10H2,(H,32,33,34);/q;+1/p-1. The van der Waals surface area contributed by atoms with E-state index < -0.39 is 57.8 Å². The first-order valence-corrected chi connectivity index (χ1v) is 11.3. The van der Waals surface area contributed by atoms with Gasteiger partial charge in [0.25, 0.3) is 0 Å². The molecule has 0 aromatic heterocycles. The van der Waals surface area contributed by atoms with Crippen molar-refractivity contribution >= 4 is 21.5 Å². The first kappa shape index (κ1) is 29.5. The molecule has 186 valence electrons. The van der Waals surface area contributed by atoms with Crippen molar-refractivity contribution in [2.24, 2.45) is 10.2 Å². The summed E-state index contributed by atoms with van der Waals surface area (Å²) < 4.78 is 33.6. The van der Waals surface area contributed by atoms with Gasteiger partial charge >= 0.3 is 29.6 Å². The second-order valence-electron chi connectivity index (χ2n) is 7.40. The minimum absolute atomic E-state index is 0. The van der Waals surface area contributed by atoms with Gasteiger partial charge in [-0.2, -0.15) is 5.11 Å². The summed E-state index contributed by atoms with van der Waals surface area (Å²) in [6.07, 6.45) is -0.238. The van der Waals surface area contributed by atoms with Crippen molar-refractivity contribution in [3.05, 3.63) is 64.2 Å². The summed E-state index contributed by atoms with van der Waals surface area (Å²) in [5, 5.41) is 77.6. The van der Waals surface area contributed by atoms with Crippen molar-refractivity contribution in [3.63, 3.8) is 0 Å². The summed E-state index contributed by atoms with van der Waals surface area (Å²) in [5.41, 5.74) is -0.660. The molecule has 3 aromatic rings. The third-order valence-corrected chi connectivity index (χ3v) is 6.04. The Morgan fingerprint density at radius 2 is 1.28 bits per heavy atom. The van der Waals surface area contributed by atoms with Crippen molar-refractivity contribution in [1.29, 1.82) is 0 Å². The van der Waals surface area contributed by atoms with Crippen LogP contribution >= 0.6 is 0 Å². The van der Waals surface area contributed by atoms with Crippen LogP contribution in [0.25, 0.3) is 0 Å².